The van der Waals surface area contributed by atoms with E-state index in [2.05, 4.69) is 15.3 Å². The van der Waals surface area contributed by atoms with Crippen LogP contribution in [-0.4, -0.2) is 69.0 Å². The van der Waals surface area contributed by atoms with Gasteiger partial charge in [0.1, 0.15) is 10.9 Å². The van der Waals surface area contributed by atoms with Gasteiger partial charge < -0.3 is 20.5 Å². The number of anilines is 2. The number of primary amides is 1. The van der Waals surface area contributed by atoms with Crippen LogP contribution >= 0.6 is 11.3 Å². The van der Waals surface area contributed by atoms with Crippen LogP contribution in [0.3, 0.4) is 0 Å². The number of nitrogens with one attached hydrogen (secondary N) is 1. The first-order valence-corrected chi connectivity index (χ1v) is 13.7. The van der Waals surface area contributed by atoms with Crippen LogP contribution in [0.1, 0.15) is 42.5 Å². The van der Waals surface area contributed by atoms with Crippen LogP contribution in [0.4, 0.5) is 11.8 Å². The predicted octanol–water partition coefficient (Wildman–Crippen LogP) is 2.78. The van der Waals surface area contributed by atoms with Gasteiger partial charge in [-0.05, 0) is 50.5 Å². The van der Waals surface area contributed by atoms with Crippen molar-refractivity contribution in [2.45, 2.75) is 57.1 Å². The van der Waals surface area contributed by atoms with Crippen molar-refractivity contribution in [1.29, 1.82) is 0 Å². The Bertz CT molecular complexity index is 1240. The Morgan fingerprint density at radius 2 is 2.00 bits per heavy atom. The van der Waals surface area contributed by atoms with Gasteiger partial charge in [-0.25, -0.2) is 4.98 Å². The van der Waals surface area contributed by atoms with Crippen LogP contribution in [-0.2, 0) is 29.4 Å². The van der Waals surface area contributed by atoms with Crippen LogP contribution < -0.4 is 15.8 Å². The van der Waals surface area contributed by atoms with E-state index in [0.29, 0.717) is 30.1 Å². The van der Waals surface area contributed by atoms with Gasteiger partial charge >= 0.3 is 0 Å². The summed E-state index contributed by atoms with van der Waals surface area (Å²) in [5, 5.41) is 8.58. The Labute approximate surface area is 214 Å². The molecule has 3 N–H and O–H groups in total. The molecule has 2 fully saturated rings. The highest BCUT2D eigenvalue weighted by atomic mass is 32.1. The van der Waals surface area contributed by atoms with Crippen LogP contribution in [0.5, 0.6) is 5.88 Å². The van der Waals surface area contributed by atoms with Gasteiger partial charge in [0.25, 0.3) is 0 Å². The molecule has 0 bridgehead atoms. The summed E-state index contributed by atoms with van der Waals surface area (Å²) in [6, 6.07) is 2.49. The molecule has 3 aromatic heterocycles. The van der Waals surface area contributed by atoms with Crippen LogP contribution in [0.25, 0.3) is 10.2 Å². The molecule has 3 aliphatic rings. The first-order valence-electron chi connectivity index (χ1n) is 12.9. The topological polar surface area (TPSA) is 120 Å². The second-order valence-corrected chi connectivity index (χ2v) is 11.2. The fourth-order valence-electron chi connectivity index (χ4n) is 5.75. The second kappa shape index (κ2) is 9.95. The van der Waals surface area contributed by atoms with Crippen LogP contribution in [0.2, 0.25) is 0 Å². The summed E-state index contributed by atoms with van der Waals surface area (Å²) in [4.78, 5) is 26.3. The van der Waals surface area contributed by atoms with Crippen molar-refractivity contribution < 1.29 is 14.3 Å². The Morgan fingerprint density at radius 1 is 1.19 bits per heavy atom. The summed E-state index contributed by atoms with van der Waals surface area (Å²) in [5.41, 5.74) is 6.81. The molecule has 3 aromatic rings. The molecule has 1 saturated heterocycles. The lowest BCUT2D eigenvalue weighted by atomic mass is 9.87. The molecule has 0 unspecified atom stereocenters. The molecule has 2 aliphatic carbocycles. The number of fused-ring (bicyclic) bond motifs is 3. The number of nitrogens with two attached hydrogens (primary N) is 1. The monoisotopic (exact) mass is 511 g/mol. The molecule has 11 heteroatoms. The molecule has 1 amide bonds. The van der Waals surface area contributed by atoms with E-state index in [1.165, 1.54) is 4.88 Å². The van der Waals surface area contributed by atoms with Crippen molar-refractivity contribution in [3.63, 3.8) is 0 Å². The number of rotatable bonds is 6. The predicted molar refractivity (Wildman–Crippen MR) is 138 cm³/mol. The minimum Gasteiger partial charge on any atom is -0.474 e. The summed E-state index contributed by atoms with van der Waals surface area (Å²) in [6.07, 6.45) is 8.43. The largest absolute Gasteiger partial charge is 0.474 e. The highest BCUT2D eigenvalue weighted by Crippen LogP contribution is 2.42. The molecule has 1 aliphatic heterocycles. The fourth-order valence-corrected chi connectivity index (χ4v) is 6.96. The van der Waals surface area contributed by atoms with Crippen molar-refractivity contribution in [2.24, 2.45) is 18.7 Å². The number of thiophene rings is 1. The number of nitrogens with zero attached hydrogens (tertiary/aromatic N) is 5. The van der Waals surface area contributed by atoms with Crippen molar-refractivity contribution in [1.82, 2.24) is 24.6 Å². The standard InChI is InChI=1S/C25H33N7O3S/c1-31-9-8-20(30-31)27-25-28-23(35-17-5-3-16(4-6-17)32-10-12-34-13-11-32)21-18-14-15(22(26)33)2-7-19(18)36-24(21)29-25/h8-9,15-17H,2-7,10-14H2,1H3,(H2,26,33)(H,27,28,29,30)/t15-,16-,17-/m1/s1. The number of ether oxygens (including phenoxy) is 2. The summed E-state index contributed by atoms with van der Waals surface area (Å²) < 4.78 is 13.9. The fraction of sp³-hybridized carbons (Fsp3) is 0.600. The second-order valence-electron chi connectivity index (χ2n) is 10.1. The number of hydrogen-bond donors (Lipinski definition) is 2. The lowest BCUT2D eigenvalue weighted by molar-refractivity contribution is -0.122. The lowest BCUT2D eigenvalue weighted by Gasteiger charge is -2.38. The van der Waals surface area contributed by atoms with Gasteiger partial charge in [-0.15, -0.1) is 11.3 Å². The summed E-state index contributed by atoms with van der Waals surface area (Å²) in [6.45, 7) is 3.70. The van der Waals surface area contributed by atoms with E-state index in [4.69, 9.17) is 25.2 Å². The first-order chi connectivity index (χ1) is 17.5. The maximum atomic E-state index is 12.0. The van der Waals surface area contributed by atoms with Gasteiger partial charge in [-0.2, -0.15) is 10.1 Å². The van der Waals surface area contributed by atoms with E-state index in [1.54, 1.807) is 16.0 Å². The maximum absolute atomic E-state index is 12.0. The Morgan fingerprint density at radius 3 is 2.72 bits per heavy atom. The number of aryl methyl sites for hydroxylation is 2. The highest BCUT2D eigenvalue weighted by Gasteiger charge is 2.32. The SMILES string of the molecule is Cn1ccc(Nc2nc(O[C@H]3CC[C@H](N4CCOCC4)CC3)c3c4c(sc3n2)CC[C@@H](C(N)=O)C4)n1. The zero-order valence-corrected chi connectivity index (χ0v) is 21.4. The average Bonchev–Trinajstić information content (AvgIpc) is 3.47. The zero-order valence-electron chi connectivity index (χ0n) is 20.6. The Kier molecular flexibility index (Phi) is 6.53. The summed E-state index contributed by atoms with van der Waals surface area (Å²) in [7, 11) is 1.87. The summed E-state index contributed by atoms with van der Waals surface area (Å²) >= 11 is 1.67. The average molecular weight is 512 g/mol. The minimum atomic E-state index is -0.238. The number of amides is 1. The van der Waals surface area contributed by atoms with E-state index in [1.807, 2.05) is 19.3 Å². The van der Waals surface area contributed by atoms with Gasteiger partial charge in [-0.3, -0.25) is 14.4 Å². The molecule has 36 heavy (non-hydrogen) atoms. The maximum Gasteiger partial charge on any atom is 0.233 e. The third-order valence-electron chi connectivity index (χ3n) is 7.71. The molecular formula is C25H33N7O3S. The number of carbonyl (C=O) groups excluding carboxylic acids is 1. The van der Waals surface area contributed by atoms with Crippen LogP contribution in [0, 0.1) is 5.92 Å². The van der Waals surface area contributed by atoms with Crippen molar-refractivity contribution in [3.05, 3.63) is 22.7 Å². The van der Waals surface area contributed by atoms with Gasteiger partial charge in [0, 0.05) is 49.2 Å². The molecule has 4 heterocycles. The third-order valence-corrected chi connectivity index (χ3v) is 8.90. The Hall–Kier alpha value is -2.76. The molecule has 6 rings (SSSR count). The Balaban J connectivity index is 1.28. The first kappa shape index (κ1) is 23.6. The summed E-state index contributed by atoms with van der Waals surface area (Å²) in [5.74, 6) is 1.37. The van der Waals surface area contributed by atoms with E-state index >= 15 is 0 Å². The number of aromatic nitrogens is 4. The van der Waals surface area contributed by atoms with E-state index in [0.717, 1.165) is 80.6 Å². The number of morpholine rings is 1. The van der Waals surface area contributed by atoms with Crippen LogP contribution in [0.15, 0.2) is 12.3 Å². The zero-order chi connectivity index (χ0) is 24.6. The van der Waals surface area contributed by atoms with Gasteiger partial charge in [0.15, 0.2) is 5.82 Å². The lowest BCUT2D eigenvalue weighted by Crippen LogP contribution is -2.46. The molecule has 0 spiro atoms. The smallest absolute Gasteiger partial charge is 0.233 e. The molecule has 10 nitrogen and oxygen atoms in total. The minimum absolute atomic E-state index is 0.106. The van der Waals surface area contributed by atoms with Gasteiger partial charge in [0.05, 0.1) is 18.6 Å². The normalized spacial score (nSPS) is 25.0. The number of hydrogen-bond acceptors (Lipinski definition) is 9. The van der Waals surface area contributed by atoms with Gasteiger partial charge in [0.2, 0.25) is 17.7 Å². The molecular weight excluding hydrogens is 478 g/mol. The molecule has 0 radical (unpaired) electrons. The van der Waals surface area contributed by atoms with Crippen molar-refractivity contribution >= 4 is 39.2 Å². The van der Waals surface area contributed by atoms with Crippen molar-refractivity contribution in [3.8, 4) is 5.88 Å². The van der Waals surface area contributed by atoms with Gasteiger partial charge in [-0.1, -0.05) is 0 Å². The molecule has 1 saturated carbocycles. The molecule has 192 valence electrons. The van der Waals surface area contributed by atoms with E-state index < -0.39 is 0 Å². The number of carbonyl (C=O) groups is 1. The highest BCUT2D eigenvalue weighted by molar-refractivity contribution is 7.18. The van der Waals surface area contributed by atoms with E-state index in [-0.39, 0.29) is 17.9 Å². The third kappa shape index (κ3) is 4.79. The molecule has 1 atom stereocenters. The quantitative estimate of drug-likeness (QED) is 0.518. The van der Waals surface area contributed by atoms with Crippen molar-refractivity contribution in [2.75, 3.05) is 31.6 Å². The molecule has 0 aromatic carbocycles. The van der Waals surface area contributed by atoms with E-state index in [9.17, 15) is 4.79 Å².